The maximum atomic E-state index is 4.46. The molecular formula is C18H19N3S. The van der Waals surface area contributed by atoms with Crippen LogP contribution in [-0.4, -0.2) is 9.97 Å². The van der Waals surface area contributed by atoms with E-state index in [2.05, 4.69) is 59.6 Å². The molecule has 4 heteroatoms. The molecule has 0 radical (unpaired) electrons. The minimum Gasteiger partial charge on any atom is -0.345 e. The first-order chi connectivity index (χ1) is 10.6. The van der Waals surface area contributed by atoms with Gasteiger partial charge in [-0.3, -0.25) is 0 Å². The van der Waals surface area contributed by atoms with Crippen LogP contribution in [0.1, 0.15) is 24.3 Å². The zero-order valence-corrected chi connectivity index (χ0v) is 13.8. The number of benzene rings is 1. The van der Waals surface area contributed by atoms with Crippen LogP contribution in [0, 0.1) is 6.92 Å². The first kappa shape index (κ1) is 14.7. The Hall–Kier alpha value is -2.20. The van der Waals surface area contributed by atoms with Gasteiger partial charge in [-0.15, -0.1) is 11.3 Å². The van der Waals surface area contributed by atoms with E-state index in [1.165, 1.54) is 10.4 Å². The third-order valence-corrected chi connectivity index (χ3v) is 4.56. The second-order valence-corrected chi connectivity index (χ2v) is 6.92. The highest BCUT2D eigenvalue weighted by Gasteiger charge is 2.23. The predicted octanol–water partition coefficient (Wildman–Crippen LogP) is 4.86. The minimum absolute atomic E-state index is 0.196. The van der Waals surface area contributed by atoms with Crippen molar-refractivity contribution in [3.63, 3.8) is 0 Å². The number of rotatable bonds is 4. The van der Waals surface area contributed by atoms with Crippen LogP contribution in [0.3, 0.4) is 0 Å². The lowest BCUT2D eigenvalue weighted by Gasteiger charge is -2.26. The van der Waals surface area contributed by atoms with Gasteiger partial charge in [0.25, 0.3) is 0 Å². The van der Waals surface area contributed by atoms with Crippen molar-refractivity contribution < 1.29 is 0 Å². The Morgan fingerprint density at radius 2 is 1.64 bits per heavy atom. The summed E-state index contributed by atoms with van der Waals surface area (Å²) in [6, 6.07) is 12.3. The fourth-order valence-electron chi connectivity index (χ4n) is 2.55. The molecule has 22 heavy (non-hydrogen) atoms. The summed E-state index contributed by atoms with van der Waals surface area (Å²) in [5.74, 6) is 0.648. The van der Waals surface area contributed by atoms with Crippen molar-refractivity contribution in [1.82, 2.24) is 9.97 Å². The van der Waals surface area contributed by atoms with E-state index in [-0.39, 0.29) is 5.54 Å². The van der Waals surface area contributed by atoms with Gasteiger partial charge in [-0.1, -0.05) is 30.3 Å². The smallest absolute Gasteiger partial charge is 0.223 e. The van der Waals surface area contributed by atoms with Gasteiger partial charge in [-0.05, 0) is 43.3 Å². The highest BCUT2D eigenvalue weighted by atomic mass is 32.1. The summed E-state index contributed by atoms with van der Waals surface area (Å²) in [5.41, 5.74) is 3.24. The molecule has 2 heterocycles. The lowest BCUT2D eigenvalue weighted by atomic mass is 9.95. The van der Waals surface area contributed by atoms with E-state index >= 15 is 0 Å². The number of aromatic nitrogens is 2. The number of anilines is 1. The monoisotopic (exact) mass is 309 g/mol. The van der Waals surface area contributed by atoms with Crippen LogP contribution in [0.15, 0.2) is 54.2 Å². The molecule has 3 aromatic rings. The lowest BCUT2D eigenvalue weighted by Crippen LogP contribution is -2.29. The molecule has 0 amide bonds. The number of thiophene rings is 1. The molecule has 0 aliphatic carbocycles. The standard InChI is InChI=1S/C18H19N3S/c1-13-16(9-10-22-13)18(2,3)21-17-19-11-15(12-20-17)14-7-5-4-6-8-14/h4-12H,1-3H3,(H,19,20,21). The molecule has 1 aromatic carbocycles. The Labute approximate surface area is 135 Å². The first-order valence-corrected chi connectivity index (χ1v) is 8.14. The van der Waals surface area contributed by atoms with Crippen LogP contribution >= 0.6 is 11.3 Å². The van der Waals surface area contributed by atoms with E-state index in [4.69, 9.17) is 0 Å². The van der Waals surface area contributed by atoms with Crippen molar-refractivity contribution in [2.45, 2.75) is 26.3 Å². The number of nitrogens with zero attached hydrogens (tertiary/aromatic N) is 2. The topological polar surface area (TPSA) is 37.8 Å². The maximum absolute atomic E-state index is 4.46. The number of hydrogen-bond acceptors (Lipinski definition) is 4. The van der Waals surface area contributed by atoms with E-state index in [1.807, 2.05) is 30.6 Å². The molecule has 1 N–H and O–H groups in total. The molecule has 0 fully saturated rings. The van der Waals surface area contributed by atoms with E-state index in [9.17, 15) is 0 Å². The molecule has 0 aliphatic rings. The van der Waals surface area contributed by atoms with Gasteiger partial charge in [-0.2, -0.15) is 0 Å². The van der Waals surface area contributed by atoms with Crippen molar-refractivity contribution in [1.29, 1.82) is 0 Å². The molecule has 0 atom stereocenters. The van der Waals surface area contributed by atoms with Crippen molar-refractivity contribution in [3.05, 3.63) is 64.6 Å². The number of hydrogen-bond donors (Lipinski definition) is 1. The Balaban J connectivity index is 1.81. The summed E-state index contributed by atoms with van der Waals surface area (Å²) in [6.45, 7) is 6.44. The molecule has 3 rings (SSSR count). The second kappa shape index (κ2) is 5.89. The van der Waals surface area contributed by atoms with Gasteiger partial charge in [0.1, 0.15) is 0 Å². The summed E-state index contributed by atoms with van der Waals surface area (Å²) >= 11 is 1.76. The molecule has 0 unspecified atom stereocenters. The fraction of sp³-hybridized carbons (Fsp3) is 0.222. The molecule has 0 spiro atoms. The van der Waals surface area contributed by atoms with Crippen LogP contribution in [0.25, 0.3) is 11.1 Å². The highest BCUT2D eigenvalue weighted by Crippen LogP contribution is 2.30. The van der Waals surface area contributed by atoms with Crippen LogP contribution in [0.4, 0.5) is 5.95 Å². The van der Waals surface area contributed by atoms with Gasteiger partial charge in [0.2, 0.25) is 5.95 Å². The summed E-state index contributed by atoms with van der Waals surface area (Å²) in [7, 11) is 0. The van der Waals surface area contributed by atoms with Crippen molar-refractivity contribution >= 4 is 17.3 Å². The normalized spacial score (nSPS) is 11.4. The SMILES string of the molecule is Cc1sccc1C(C)(C)Nc1ncc(-c2ccccc2)cn1. The van der Waals surface area contributed by atoms with E-state index in [0.717, 1.165) is 11.1 Å². The van der Waals surface area contributed by atoms with Crippen molar-refractivity contribution in [2.75, 3.05) is 5.32 Å². The van der Waals surface area contributed by atoms with Crippen molar-refractivity contribution in [3.8, 4) is 11.1 Å². The quantitative estimate of drug-likeness (QED) is 0.748. The molecule has 0 bridgehead atoms. The number of aryl methyl sites for hydroxylation is 1. The van der Waals surface area contributed by atoms with Crippen LogP contribution < -0.4 is 5.32 Å². The summed E-state index contributed by atoms with van der Waals surface area (Å²) in [4.78, 5) is 10.2. The summed E-state index contributed by atoms with van der Waals surface area (Å²) in [6.07, 6.45) is 3.72. The van der Waals surface area contributed by atoms with Crippen molar-refractivity contribution in [2.24, 2.45) is 0 Å². The van der Waals surface area contributed by atoms with Gasteiger partial charge >= 0.3 is 0 Å². The molecule has 2 aromatic heterocycles. The molecular weight excluding hydrogens is 290 g/mol. The van der Waals surface area contributed by atoms with E-state index in [1.54, 1.807) is 11.3 Å². The largest absolute Gasteiger partial charge is 0.345 e. The fourth-order valence-corrected chi connectivity index (χ4v) is 3.41. The van der Waals surface area contributed by atoms with Gasteiger partial charge < -0.3 is 5.32 Å². The van der Waals surface area contributed by atoms with Gasteiger partial charge in [0.15, 0.2) is 0 Å². The summed E-state index contributed by atoms with van der Waals surface area (Å²) < 4.78 is 0. The van der Waals surface area contributed by atoms with Crippen LogP contribution in [0.5, 0.6) is 0 Å². The molecule has 3 nitrogen and oxygen atoms in total. The van der Waals surface area contributed by atoms with Crippen LogP contribution in [-0.2, 0) is 5.54 Å². The lowest BCUT2D eigenvalue weighted by molar-refractivity contribution is 0.601. The zero-order valence-electron chi connectivity index (χ0n) is 13.0. The predicted molar refractivity (Wildman–Crippen MR) is 93.2 cm³/mol. The number of nitrogens with one attached hydrogen (secondary N) is 1. The Morgan fingerprint density at radius 3 is 2.23 bits per heavy atom. The second-order valence-electron chi connectivity index (χ2n) is 5.80. The average Bonchev–Trinajstić information content (AvgIpc) is 2.96. The molecule has 0 saturated heterocycles. The Morgan fingerprint density at radius 1 is 0.955 bits per heavy atom. The average molecular weight is 309 g/mol. The van der Waals surface area contributed by atoms with E-state index in [0.29, 0.717) is 5.95 Å². The zero-order chi connectivity index (χ0) is 15.6. The third-order valence-electron chi connectivity index (χ3n) is 3.72. The van der Waals surface area contributed by atoms with E-state index < -0.39 is 0 Å². The van der Waals surface area contributed by atoms with Gasteiger partial charge in [0.05, 0.1) is 5.54 Å². The first-order valence-electron chi connectivity index (χ1n) is 7.26. The minimum atomic E-state index is -0.196. The molecule has 0 aliphatic heterocycles. The van der Waals surface area contributed by atoms with Gasteiger partial charge in [-0.25, -0.2) is 9.97 Å². The Bertz CT molecular complexity index is 746. The van der Waals surface area contributed by atoms with Crippen LogP contribution in [0.2, 0.25) is 0 Å². The Kier molecular flexibility index (Phi) is 3.94. The third kappa shape index (κ3) is 3.02. The summed E-state index contributed by atoms with van der Waals surface area (Å²) in [5, 5.41) is 5.54. The maximum Gasteiger partial charge on any atom is 0.223 e. The van der Waals surface area contributed by atoms with Gasteiger partial charge in [0, 0.05) is 22.8 Å². The molecule has 112 valence electrons. The highest BCUT2D eigenvalue weighted by molar-refractivity contribution is 7.10. The molecule has 0 saturated carbocycles.